The number of rotatable bonds is 4. The third-order valence-corrected chi connectivity index (χ3v) is 4.59. The van der Waals surface area contributed by atoms with E-state index in [1.165, 1.54) is 0 Å². The summed E-state index contributed by atoms with van der Waals surface area (Å²) in [5, 5.41) is 4.62. The molecule has 106 valence electrons. The second-order valence-electron chi connectivity index (χ2n) is 4.89. The zero-order valence-electron chi connectivity index (χ0n) is 10.8. The molecule has 1 aromatic carbocycles. The van der Waals surface area contributed by atoms with Crippen LogP contribution in [0.2, 0.25) is 0 Å². The van der Waals surface area contributed by atoms with Gasteiger partial charge in [0.2, 0.25) is 15.9 Å². The van der Waals surface area contributed by atoms with Crippen LogP contribution in [0.1, 0.15) is 5.89 Å². The van der Waals surface area contributed by atoms with Gasteiger partial charge in [-0.15, -0.1) is 0 Å². The topological polar surface area (TPSA) is 89.4 Å². The van der Waals surface area contributed by atoms with Gasteiger partial charge >= 0.3 is 0 Å². The molecule has 2 heterocycles. The Balaban J connectivity index is 1.62. The summed E-state index contributed by atoms with van der Waals surface area (Å²) in [6, 6.07) is 9.71. The highest BCUT2D eigenvalue weighted by Crippen LogP contribution is 2.22. The molecule has 1 aromatic heterocycles. The molecule has 0 aliphatic carbocycles. The maximum atomic E-state index is 11.1. The number of aromatic nitrogens is 1. The Morgan fingerprint density at radius 3 is 2.65 bits per heavy atom. The van der Waals surface area contributed by atoms with Crippen molar-refractivity contribution < 1.29 is 12.8 Å². The van der Waals surface area contributed by atoms with Crippen LogP contribution in [0, 0.1) is 0 Å². The molecule has 0 bridgehead atoms. The SMILES string of the molecule is NS(=O)(=O)C1CN(Cc2ncc(-c3ccccc3)o2)C1. The molecule has 0 saturated carbocycles. The van der Waals surface area contributed by atoms with E-state index in [9.17, 15) is 8.42 Å². The lowest BCUT2D eigenvalue weighted by molar-refractivity contribution is 0.160. The second-order valence-corrected chi connectivity index (χ2v) is 6.73. The summed E-state index contributed by atoms with van der Waals surface area (Å²) >= 11 is 0. The summed E-state index contributed by atoms with van der Waals surface area (Å²) < 4.78 is 27.9. The molecule has 2 aromatic rings. The van der Waals surface area contributed by atoms with Crippen molar-refractivity contribution in [2.75, 3.05) is 13.1 Å². The average Bonchev–Trinajstić information content (AvgIpc) is 2.81. The minimum atomic E-state index is -3.42. The Bertz CT molecular complexity index is 691. The van der Waals surface area contributed by atoms with Crippen LogP contribution in [0.4, 0.5) is 0 Å². The Hall–Kier alpha value is -1.70. The zero-order chi connectivity index (χ0) is 14.2. The molecule has 1 aliphatic heterocycles. The van der Waals surface area contributed by atoms with E-state index in [4.69, 9.17) is 9.56 Å². The quantitative estimate of drug-likeness (QED) is 0.901. The van der Waals surface area contributed by atoms with E-state index in [2.05, 4.69) is 4.98 Å². The van der Waals surface area contributed by atoms with Gasteiger partial charge in [0, 0.05) is 18.7 Å². The first kappa shape index (κ1) is 13.3. The fourth-order valence-electron chi connectivity index (χ4n) is 2.17. The van der Waals surface area contributed by atoms with E-state index in [-0.39, 0.29) is 0 Å². The van der Waals surface area contributed by atoms with Crippen LogP contribution in [0.3, 0.4) is 0 Å². The molecule has 3 rings (SSSR count). The minimum absolute atomic E-state index is 0.432. The number of hydrogen-bond donors (Lipinski definition) is 1. The molecule has 1 saturated heterocycles. The van der Waals surface area contributed by atoms with E-state index >= 15 is 0 Å². The molecule has 6 nitrogen and oxygen atoms in total. The van der Waals surface area contributed by atoms with Gasteiger partial charge in [-0.3, -0.25) is 4.90 Å². The van der Waals surface area contributed by atoms with Crippen molar-refractivity contribution in [3.63, 3.8) is 0 Å². The van der Waals surface area contributed by atoms with Gasteiger partial charge < -0.3 is 4.42 Å². The molecule has 1 aliphatic rings. The van der Waals surface area contributed by atoms with Crippen molar-refractivity contribution in [2.45, 2.75) is 11.8 Å². The number of hydrogen-bond acceptors (Lipinski definition) is 5. The lowest BCUT2D eigenvalue weighted by Gasteiger charge is -2.36. The lowest BCUT2D eigenvalue weighted by Crippen LogP contribution is -2.55. The highest BCUT2D eigenvalue weighted by molar-refractivity contribution is 7.89. The molecule has 1 fully saturated rings. The van der Waals surface area contributed by atoms with Gasteiger partial charge in [-0.2, -0.15) is 0 Å². The van der Waals surface area contributed by atoms with E-state index < -0.39 is 15.3 Å². The van der Waals surface area contributed by atoms with Crippen LogP contribution < -0.4 is 5.14 Å². The van der Waals surface area contributed by atoms with Gasteiger partial charge in [-0.25, -0.2) is 18.5 Å². The van der Waals surface area contributed by atoms with Crippen molar-refractivity contribution in [3.05, 3.63) is 42.4 Å². The van der Waals surface area contributed by atoms with Crippen molar-refractivity contribution in [2.24, 2.45) is 5.14 Å². The first-order valence-corrected chi connectivity index (χ1v) is 7.87. The van der Waals surface area contributed by atoms with Crippen molar-refractivity contribution in [3.8, 4) is 11.3 Å². The molecule has 0 amide bonds. The number of sulfonamides is 1. The fourth-order valence-corrected chi connectivity index (χ4v) is 3.01. The zero-order valence-corrected chi connectivity index (χ0v) is 11.6. The lowest BCUT2D eigenvalue weighted by atomic mass is 10.2. The molecule has 7 heteroatoms. The summed E-state index contributed by atoms with van der Waals surface area (Å²) in [6.07, 6.45) is 1.68. The summed E-state index contributed by atoms with van der Waals surface area (Å²) in [6.45, 7) is 1.36. The summed E-state index contributed by atoms with van der Waals surface area (Å²) in [5.74, 6) is 1.29. The average molecular weight is 293 g/mol. The van der Waals surface area contributed by atoms with Crippen molar-refractivity contribution in [1.82, 2.24) is 9.88 Å². The summed E-state index contributed by atoms with van der Waals surface area (Å²) in [5.41, 5.74) is 0.970. The fraction of sp³-hybridized carbons (Fsp3) is 0.308. The molecule has 0 spiro atoms. The van der Waals surface area contributed by atoms with Crippen molar-refractivity contribution >= 4 is 10.0 Å². The number of oxazole rings is 1. The highest BCUT2D eigenvalue weighted by atomic mass is 32.2. The largest absolute Gasteiger partial charge is 0.439 e. The van der Waals surface area contributed by atoms with E-state index in [1.54, 1.807) is 6.20 Å². The van der Waals surface area contributed by atoms with Crippen molar-refractivity contribution in [1.29, 1.82) is 0 Å². The number of nitrogens with zero attached hydrogens (tertiary/aromatic N) is 2. The summed E-state index contributed by atoms with van der Waals surface area (Å²) in [4.78, 5) is 6.15. The van der Waals surface area contributed by atoms with E-state index in [1.807, 2.05) is 35.2 Å². The third-order valence-electron chi connectivity index (χ3n) is 3.36. The van der Waals surface area contributed by atoms with Gasteiger partial charge in [0.15, 0.2) is 5.76 Å². The molecule has 0 unspecified atom stereocenters. The van der Waals surface area contributed by atoms with Crippen LogP contribution in [-0.2, 0) is 16.6 Å². The maximum absolute atomic E-state index is 11.1. The number of nitrogens with two attached hydrogens (primary N) is 1. The normalized spacial score (nSPS) is 17.1. The maximum Gasteiger partial charge on any atom is 0.214 e. The van der Waals surface area contributed by atoms with Gasteiger partial charge in [-0.1, -0.05) is 30.3 Å². The molecular weight excluding hydrogens is 278 g/mol. The standard InChI is InChI=1S/C13H15N3O3S/c14-20(17,18)11-7-16(8-11)9-13-15-6-12(19-13)10-4-2-1-3-5-10/h1-6,11H,7-9H2,(H2,14,17,18). The van der Waals surface area contributed by atoms with Crippen LogP contribution >= 0.6 is 0 Å². The Labute approximate surface area is 117 Å². The Morgan fingerprint density at radius 2 is 2.00 bits per heavy atom. The molecule has 2 N–H and O–H groups in total. The number of likely N-dealkylation sites (tertiary alicyclic amines) is 1. The van der Waals surface area contributed by atoms with E-state index in [0.29, 0.717) is 31.3 Å². The predicted molar refractivity (Wildman–Crippen MR) is 74.1 cm³/mol. The number of primary sulfonamides is 1. The van der Waals surface area contributed by atoms with Crippen LogP contribution in [0.5, 0.6) is 0 Å². The van der Waals surface area contributed by atoms with Crippen LogP contribution in [0.25, 0.3) is 11.3 Å². The molecular formula is C13H15N3O3S. The molecule has 0 radical (unpaired) electrons. The van der Waals surface area contributed by atoms with Crippen LogP contribution in [-0.4, -0.2) is 36.6 Å². The van der Waals surface area contributed by atoms with Gasteiger partial charge in [-0.05, 0) is 0 Å². The molecule has 0 atom stereocenters. The molecule has 20 heavy (non-hydrogen) atoms. The van der Waals surface area contributed by atoms with Crippen LogP contribution in [0.15, 0.2) is 40.9 Å². The van der Waals surface area contributed by atoms with Gasteiger partial charge in [0.25, 0.3) is 0 Å². The summed E-state index contributed by atoms with van der Waals surface area (Å²) in [7, 11) is -3.42. The first-order valence-electron chi connectivity index (χ1n) is 6.26. The first-order chi connectivity index (χ1) is 9.52. The van der Waals surface area contributed by atoms with Gasteiger partial charge in [0.05, 0.1) is 12.7 Å². The highest BCUT2D eigenvalue weighted by Gasteiger charge is 2.35. The minimum Gasteiger partial charge on any atom is -0.439 e. The smallest absolute Gasteiger partial charge is 0.214 e. The van der Waals surface area contributed by atoms with Gasteiger partial charge in [0.1, 0.15) is 5.25 Å². The predicted octanol–water partition coefficient (Wildman–Crippen LogP) is 0.814. The monoisotopic (exact) mass is 293 g/mol. The Morgan fingerprint density at radius 1 is 1.30 bits per heavy atom. The van der Waals surface area contributed by atoms with E-state index in [0.717, 1.165) is 5.56 Å². The second kappa shape index (κ2) is 5.01. The third kappa shape index (κ3) is 2.74. The number of benzene rings is 1. The Kier molecular flexibility index (Phi) is 3.33.